The fraction of sp³-hybridized carbons (Fsp3) is 0.227. The van der Waals surface area contributed by atoms with Gasteiger partial charge < -0.3 is 10.3 Å². The topological polar surface area (TPSA) is 40.7 Å². The number of hydrogen-bond donors (Lipinski definition) is 2. The zero-order chi connectivity index (χ0) is 17.4. The minimum Gasteiger partial charge on any atom is -0.338 e. The SMILES string of the molecule is C=Cc1nc(C2=CC=CC3C(NC)c4ccccc4C23)[nH]c1/C=C\C. The van der Waals surface area contributed by atoms with Crippen molar-refractivity contribution in [2.24, 2.45) is 5.92 Å². The molecule has 4 rings (SSSR count). The van der Waals surface area contributed by atoms with Crippen LogP contribution in [0.25, 0.3) is 17.7 Å². The molecule has 2 aromatic rings. The fourth-order valence-electron chi connectivity index (χ4n) is 4.23. The van der Waals surface area contributed by atoms with Gasteiger partial charge in [-0.05, 0) is 37.3 Å². The molecule has 0 fully saturated rings. The third kappa shape index (κ3) is 2.43. The molecule has 1 aromatic heterocycles. The van der Waals surface area contributed by atoms with Crippen molar-refractivity contribution in [3.8, 4) is 0 Å². The largest absolute Gasteiger partial charge is 0.338 e. The summed E-state index contributed by atoms with van der Waals surface area (Å²) in [6, 6.07) is 9.09. The second-order valence-electron chi connectivity index (χ2n) is 6.55. The van der Waals surface area contributed by atoms with Crippen LogP contribution in [0.15, 0.2) is 55.1 Å². The van der Waals surface area contributed by atoms with Crippen LogP contribution in [0.5, 0.6) is 0 Å². The van der Waals surface area contributed by atoms with E-state index in [0.29, 0.717) is 17.9 Å². The average molecular weight is 329 g/mol. The summed E-state index contributed by atoms with van der Waals surface area (Å²) >= 11 is 0. The summed E-state index contributed by atoms with van der Waals surface area (Å²) in [5.41, 5.74) is 5.94. The van der Waals surface area contributed by atoms with Crippen LogP contribution in [0.4, 0.5) is 0 Å². The van der Waals surface area contributed by atoms with Gasteiger partial charge in [0.25, 0.3) is 0 Å². The zero-order valence-corrected chi connectivity index (χ0v) is 14.7. The van der Waals surface area contributed by atoms with Crippen molar-refractivity contribution in [2.45, 2.75) is 18.9 Å². The van der Waals surface area contributed by atoms with Crippen LogP contribution in [-0.4, -0.2) is 17.0 Å². The summed E-state index contributed by atoms with van der Waals surface area (Å²) in [7, 11) is 2.04. The molecule has 0 saturated heterocycles. The van der Waals surface area contributed by atoms with Gasteiger partial charge in [-0.3, -0.25) is 0 Å². The average Bonchev–Trinajstić information content (AvgIpc) is 3.20. The Hall–Kier alpha value is -2.65. The van der Waals surface area contributed by atoms with Crippen LogP contribution in [0.3, 0.4) is 0 Å². The number of benzene rings is 1. The molecule has 126 valence electrons. The third-order valence-electron chi connectivity index (χ3n) is 5.25. The van der Waals surface area contributed by atoms with E-state index in [9.17, 15) is 0 Å². The second-order valence-corrected chi connectivity index (χ2v) is 6.55. The Kier molecular flexibility index (Phi) is 4.02. The Morgan fingerprint density at radius 3 is 2.76 bits per heavy atom. The molecule has 2 aliphatic rings. The van der Waals surface area contributed by atoms with Gasteiger partial charge in [-0.25, -0.2) is 4.98 Å². The van der Waals surface area contributed by atoms with E-state index in [4.69, 9.17) is 4.98 Å². The van der Waals surface area contributed by atoms with Crippen molar-refractivity contribution in [3.63, 3.8) is 0 Å². The molecule has 0 bridgehead atoms. The number of aromatic amines is 1. The molecule has 3 heteroatoms. The molecule has 0 amide bonds. The van der Waals surface area contributed by atoms with Crippen LogP contribution in [-0.2, 0) is 0 Å². The molecule has 25 heavy (non-hydrogen) atoms. The molecule has 2 aliphatic carbocycles. The van der Waals surface area contributed by atoms with Gasteiger partial charge in [0, 0.05) is 23.5 Å². The van der Waals surface area contributed by atoms with Gasteiger partial charge in [0.05, 0.1) is 11.4 Å². The lowest BCUT2D eigenvalue weighted by molar-refractivity contribution is 0.464. The normalized spacial score (nSPS) is 24.2. The van der Waals surface area contributed by atoms with Crippen molar-refractivity contribution >= 4 is 17.7 Å². The van der Waals surface area contributed by atoms with Crippen molar-refractivity contribution < 1.29 is 0 Å². The number of aromatic nitrogens is 2. The monoisotopic (exact) mass is 329 g/mol. The van der Waals surface area contributed by atoms with Gasteiger partial charge in [0.1, 0.15) is 5.82 Å². The molecule has 0 saturated carbocycles. The van der Waals surface area contributed by atoms with E-state index in [-0.39, 0.29) is 0 Å². The highest BCUT2D eigenvalue weighted by Crippen LogP contribution is 2.52. The first-order valence-electron chi connectivity index (χ1n) is 8.78. The molecule has 3 atom stereocenters. The van der Waals surface area contributed by atoms with E-state index in [0.717, 1.165) is 17.2 Å². The Morgan fingerprint density at radius 1 is 1.24 bits per heavy atom. The minimum absolute atomic E-state index is 0.320. The number of nitrogens with zero attached hydrogens (tertiary/aromatic N) is 1. The van der Waals surface area contributed by atoms with E-state index in [2.05, 4.69) is 59.4 Å². The zero-order valence-electron chi connectivity index (χ0n) is 14.7. The molecule has 3 unspecified atom stereocenters. The summed E-state index contributed by atoms with van der Waals surface area (Å²) < 4.78 is 0. The van der Waals surface area contributed by atoms with E-state index in [1.807, 2.05) is 32.2 Å². The van der Waals surface area contributed by atoms with Gasteiger partial charge >= 0.3 is 0 Å². The number of H-pyrrole nitrogens is 1. The second kappa shape index (κ2) is 6.34. The first kappa shape index (κ1) is 15.9. The molecule has 1 heterocycles. The number of rotatable bonds is 4. The number of imidazole rings is 1. The summed E-state index contributed by atoms with van der Waals surface area (Å²) in [6.07, 6.45) is 12.6. The Labute approximate surface area is 148 Å². The molecular formula is C22H23N3. The van der Waals surface area contributed by atoms with Crippen molar-refractivity contribution in [1.29, 1.82) is 0 Å². The van der Waals surface area contributed by atoms with Gasteiger partial charge in [-0.2, -0.15) is 0 Å². The highest BCUT2D eigenvalue weighted by atomic mass is 14.9. The van der Waals surface area contributed by atoms with E-state index in [1.54, 1.807) is 0 Å². The lowest BCUT2D eigenvalue weighted by Gasteiger charge is -2.26. The Balaban J connectivity index is 1.83. The molecular weight excluding hydrogens is 306 g/mol. The lowest BCUT2D eigenvalue weighted by atomic mass is 9.80. The van der Waals surface area contributed by atoms with Gasteiger partial charge in [-0.1, -0.05) is 55.1 Å². The van der Waals surface area contributed by atoms with Crippen LogP contribution < -0.4 is 5.32 Å². The number of hydrogen-bond acceptors (Lipinski definition) is 2. The molecule has 1 aromatic carbocycles. The molecule has 0 radical (unpaired) electrons. The molecule has 2 N–H and O–H groups in total. The molecule has 3 nitrogen and oxygen atoms in total. The quantitative estimate of drug-likeness (QED) is 0.852. The van der Waals surface area contributed by atoms with Gasteiger partial charge in [0.15, 0.2) is 0 Å². The first-order chi connectivity index (χ1) is 12.3. The molecule has 0 aliphatic heterocycles. The third-order valence-corrected chi connectivity index (χ3v) is 5.25. The maximum Gasteiger partial charge on any atom is 0.135 e. The minimum atomic E-state index is 0.320. The van der Waals surface area contributed by atoms with Crippen LogP contribution in [0, 0.1) is 5.92 Å². The standard InChI is InChI=1S/C22H23N3/c1-4-9-19-18(5-2)24-22(25-19)17-13-8-12-16-20(17)14-10-6-7-11-15(14)21(16)23-3/h4-13,16,20-21,23H,2H2,1,3H3,(H,24,25)/b9-4-. The van der Waals surface area contributed by atoms with Gasteiger partial charge in [0.2, 0.25) is 0 Å². The van der Waals surface area contributed by atoms with Gasteiger partial charge in [-0.15, -0.1) is 0 Å². The van der Waals surface area contributed by atoms with Crippen LogP contribution in [0.2, 0.25) is 0 Å². The number of allylic oxidation sites excluding steroid dienone is 4. The smallest absolute Gasteiger partial charge is 0.135 e. The fourth-order valence-corrected chi connectivity index (χ4v) is 4.23. The Bertz CT molecular complexity index is 898. The molecule has 0 spiro atoms. The number of nitrogens with one attached hydrogen (secondary N) is 2. The lowest BCUT2D eigenvalue weighted by Crippen LogP contribution is -2.23. The summed E-state index contributed by atoms with van der Waals surface area (Å²) in [6.45, 7) is 5.91. The van der Waals surface area contributed by atoms with Crippen molar-refractivity contribution in [3.05, 3.63) is 83.5 Å². The predicted molar refractivity (Wildman–Crippen MR) is 105 cm³/mol. The van der Waals surface area contributed by atoms with Crippen molar-refractivity contribution in [1.82, 2.24) is 15.3 Å². The van der Waals surface area contributed by atoms with Crippen LogP contribution in [0.1, 0.15) is 47.2 Å². The maximum atomic E-state index is 4.81. The highest BCUT2D eigenvalue weighted by Gasteiger charge is 2.42. The summed E-state index contributed by atoms with van der Waals surface area (Å²) in [5.74, 6) is 1.67. The summed E-state index contributed by atoms with van der Waals surface area (Å²) in [5, 5.41) is 3.50. The maximum absolute atomic E-state index is 4.81. The van der Waals surface area contributed by atoms with E-state index in [1.165, 1.54) is 16.7 Å². The van der Waals surface area contributed by atoms with Crippen molar-refractivity contribution in [2.75, 3.05) is 7.05 Å². The number of fused-ring (bicyclic) bond motifs is 3. The van der Waals surface area contributed by atoms with E-state index < -0.39 is 0 Å². The highest BCUT2D eigenvalue weighted by molar-refractivity contribution is 5.75. The predicted octanol–water partition coefficient (Wildman–Crippen LogP) is 4.71. The van der Waals surface area contributed by atoms with E-state index >= 15 is 0 Å². The van der Waals surface area contributed by atoms with Crippen LogP contribution >= 0.6 is 0 Å². The first-order valence-corrected chi connectivity index (χ1v) is 8.78. The summed E-state index contributed by atoms with van der Waals surface area (Å²) in [4.78, 5) is 8.30. The Morgan fingerprint density at radius 2 is 2.04 bits per heavy atom.